The summed E-state index contributed by atoms with van der Waals surface area (Å²) in [6.07, 6.45) is 0. The standard InChI is InChI=1S/C20H25FN4O2.HI/c1-5-23-19(24-11-16-9-15(10-22)6-7-18(16)21)25-12-20(4,26)17-8-13(2)27-14(17)3;/h6-9,26H,5,11-12H2,1-4H3,(H2,23,24,25);1H. The molecule has 0 saturated heterocycles. The molecule has 0 saturated carbocycles. The quantitative estimate of drug-likeness (QED) is 0.321. The Labute approximate surface area is 181 Å². The van der Waals surface area contributed by atoms with Gasteiger partial charge in [0.05, 0.1) is 24.7 Å². The molecule has 0 spiro atoms. The molecule has 152 valence electrons. The molecule has 6 nitrogen and oxygen atoms in total. The first-order valence-corrected chi connectivity index (χ1v) is 8.77. The zero-order chi connectivity index (χ0) is 20.0. The van der Waals surface area contributed by atoms with Crippen LogP contribution < -0.4 is 10.6 Å². The Bertz CT molecular complexity index is 872. The number of nitrogens with zero attached hydrogens (tertiary/aromatic N) is 2. The molecule has 0 aliphatic heterocycles. The summed E-state index contributed by atoms with van der Waals surface area (Å²) < 4.78 is 19.4. The largest absolute Gasteiger partial charge is 0.466 e. The fourth-order valence-electron chi connectivity index (χ4n) is 2.79. The summed E-state index contributed by atoms with van der Waals surface area (Å²) >= 11 is 0. The van der Waals surface area contributed by atoms with E-state index < -0.39 is 11.4 Å². The highest BCUT2D eigenvalue weighted by Crippen LogP contribution is 2.26. The first-order valence-electron chi connectivity index (χ1n) is 8.77. The number of aryl methyl sites for hydroxylation is 2. The second-order valence-corrected chi connectivity index (χ2v) is 6.57. The van der Waals surface area contributed by atoms with Crippen LogP contribution in [0.4, 0.5) is 4.39 Å². The normalized spacial score (nSPS) is 13.2. The molecule has 0 amide bonds. The molecule has 1 aromatic carbocycles. The highest BCUT2D eigenvalue weighted by molar-refractivity contribution is 14.0. The van der Waals surface area contributed by atoms with Crippen molar-refractivity contribution in [3.05, 3.63) is 58.3 Å². The van der Waals surface area contributed by atoms with Crippen LogP contribution in [-0.2, 0) is 12.1 Å². The minimum Gasteiger partial charge on any atom is -0.466 e. The molecule has 28 heavy (non-hydrogen) atoms. The molecule has 0 fully saturated rings. The molecule has 0 aliphatic rings. The van der Waals surface area contributed by atoms with Gasteiger partial charge in [0.2, 0.25) is 0 Å². The fraction of sp³-hybridized carbons (Fsp3) is 0.400. The molecule has 1 heterocycles. The third-order valence-corrected chi connectivity index (χ3v) is 4.15. The summed E-state index contributed by atoms with van der Waals surface area (Å²) in [6, 6.07) is 7.97. The number of rotatable bonds is 6. The van der Waals surface area contributed by atoms with Crippen LogP contribution in [0, 0.1) is 31.0 Å². The SMILES string of the molecule is CCNC(=NCc1cc(C#N)ccc1F)NCC(C)(O)c1cc(C)oc1C.I. The van der Waals surface area contributed by atoms with Crippen LogP contribution in [0.25, 0.3) is 0 Å². The zero-order valence-electron chi connectivity index (χ0n) is 16.5. The number of hydrogen-bond acceptors (Lipinski definition) is 4. The number of halogens is 2. The van der Waals surface area contributed by atoms with Gasteiger partial charge in [0, 0.05) is 17.7 Å². The number of aliphatic hydroxyl groups is 1. The summed E-state index contributed by atoms with van der Waals surface area (Å²) in [5.41, 5.74) is 0.257. The van der Waals surface area contributed by atoms with Crippen molar-refractivity contribution in [3.8, 4) is 6.07 Å². The van der Waals surface area contributed by atoms with E-state index in [1.54, 1.807) is 13.8 Å². The van der Waals surface area contributed by atoms with E-state index in [9.17, 15) is 9.50 Å². The first-order chi connectivity index (χ1) is 12.8. The Morgan fingerprint density at radius 3 is 2.61 bits per heavy atom. The Hall–Kier alpha value is -2.12. The molecule has 1 aromatic heterocycles. The zero-order valence-corrected chi connectivity index (χ0v) is 18.8. The third-order valence-electron chi connectivity index (χ3n) is 4.15. The van der Waals surface area contributed by atoms with Crippen molar-refractivity contribution in [1.82, 2.24) is 10.6 Å². The second-order valence-electron chi connectivity index (χ2n) is 6.57. The number of furan rings is 1. The van der Waals surface area contributed by atoms with Gasteiger partial charge < -0.3 is 20.2 Å². The molecule has 0 radical (unpaired) electrons. The molecule has 0 bridgehead atoms. The predicted octanol–water partition coefficient (Wildman–Crippen LogP) is 3.49. The van der Waals surface area contributed by atoms with E-state index in [-0.39, 0.29) is 37.1 Å². The Morgan fingerprint density at radius 2 is 2.04 bits per heavy atom. The Balaban J connectivity index is 0.00000392. The lowest BCUT2D eigenvalue weighted by molar-refractivity contribution is 0.0601. The van der Waals surface area contributed by atoms with E-state index in [0.717, 1.165) is 5.76 Å². The molecule has 3 N–H and O–H groups in total. The number of hydrogen-bond donors (Lipinski definition) is 3. The molecule has 2 rings (SSSR count). The van der Waals surface area contributed by atoms with Crippen LogP contribution in [-0.4, -0.2) is 24.2 Å². The van der Waals surface area contributed by atoms with Gasteiger partial charge >= 0.3 is 0 Å². The molecule has 1 unspecified atom stereocenters. The molecular weight excluding hydrogens is 474 g/mol. The van der Waals surface area contributed by atoms with E-state index in [4.69, 9.17) is 9.68 Å². The van der Waals surface area contributed by atoms with Gasteiger partial charge in [-0.15, -0.1) is 24.0 Å². The lowest BCUT2D eigenvalue weighted by Gasteiger charge is -2.24. The van der Waals surface area contributed by atoms with Crippen molar-refractivity contribution in [2.24, 2.45) is 4.99 Å². The van der Waals surface area contributed by atoms with Gasteiger partial charge in [-0.1, -0.05) is 0 Å². The van der Waals surface area contributed by atoms with Crippen molar-refractivity contribution in [1.29, 1.82) is 5.26 Å². The summed E-state index contributed by atoms with van der Waals surface area (Å²) in [6.45, 7) is 8.11. The molecular formula is C20H26FIN4O2. The highest BCUT2D eigenvalue weighted by Gasteiger charge is 2.27. The van der Waals surface area contributed by atoms with Crippen LogP contribution in [0.1, 0.15) is 42.1 Å². The van der Waals surface area contributed by atoms with Crippen LogP contribution in [0.5, 0.6) is 0 Å². The van der Waals surface area contributed by atoms with Crippen molar-refractivity contribution < 1.29 is 13.9 Å². The van der Waals surface area contributed by atoms with Gasteiger partial charge in [-0.05, 0) is 52.0 Å². The maximum atomic E-state index is 13.9. The van der Waals surface area contributed by atoms with Gasteiger partial charge in [-0.3, -0.25) is 0 Å². The van der Waals surface area contributed by atoms with E-state index in [2.05, 4.69) is 15.6 Å². The maximum absolute atomic E-state index is 13.9. The molecule has 1 atom stereocenters. The van der Waals surface area contributed by atoms with Crippen molar-refractivity contribution in [2.45, 2.75) is 39.8 Å². The summed E-state index contributed by atoms with van der Waals surface area (Å²) in [7, 11) is 0. The maximum Gasteiger partial charge on any atom is 0.191 e. The van der Waals surface area contributed by atoms with Crippen LogP contribution in [0.3, 0.4) is 0 Å². The minimum absolute atomic E-state index is 0. The summed E-state index contributed by atoms with van der Waals surface area (Å²) in [5.74, 6) is 1.43. The summed E-state index contributed by atoms with van der Waals surface area (Å²) in [4.78, 5) is 4.35. The van der Waals surface area contributed by atoms with Crippen LogP contribution in [0.15, 0.2) is 33.7 Å². The predicted molar refractivity (Wildman–Crippen MR) is 117 cm³/mol. The first kappa shape index (κ1) is 23.9. The monoisotopic (exact) mass is 500 g/mol. The van der Waals surface area contributed by atoms with Gasteiger partial charge in [-0.2, -0.15) is 5.26 Å². The average molecular weight is 500 g/mol. The van der Waals surface area contributed by atoms with Crippen molar-refractivity contribution in [2.75, 3.05) is 13.1 Å². The number of nitriles is 1. The third kappa shape index (κ3) is 6.21. The Kier molecular flexibility index (Phi) is 8.91. The van der Waals surface area contributed by atoms with Gasteiger partial charge in [-0.25, -0.2) is 9.38 Å². The number of guanidine groups is 1. The molecule has 8 heteroatoms. The molecule has 2 aromatic rings. The number of aliphatic imine (C=N–C) groups is 1. The van der Waals surface area contributed by atoms with Crippen LogP contribution in [0.2, 0.25) is 0 Å². The number of nitrogens with one attached hydrogen (secondary N) is 2. The van der Waals surface area contributed by atoms with Crippen LogP contribution >= 0.6 is 24.0 Å². The molecule has 0 aliphatic carbocycles. The fourth-order valence-corrected chi connectivity index (χ4v) is 2.79. The average Bonchev–Trinajstić information content (AvgIpc) is 2.98. The van der Waals surface area contributed by atoms with Crippen molar-refractivity contribution in [3.63, 3.8) is 0 Å². The van der Waals surface area contributed by atoms with E-state index in [0.29, 0.717) is 35.0 Å². The summed E-state index contributed by atoms with van der Waals surface area (Å²) in [5, 5.41) is 25.9. The van der Waals surface area contributed by atoms with Gasteiger partial charge in [0.15, 0.2) is 5.96 Å². The van der Waals surface area contributed by atoms with E-state index in [1.165, 1.54) is 18.2 Å². The van der Waals surface area contributed by atoms with E-state index in [1.807, 2.05) is 26.0 Å². The number of benzene rings is 1. The van der Waals surface area contributed by atoms with E-state index >= 15 is 0 Å². The highest BCUT2D eigenvalue weighted by atomic mass is 127. The second kappa shape index (κ2) is 10.4. The van der Waals surface area contributed by atoms with Gasteiger partial charge in [0.25, 0.3) is 0 Å². The topological polar surface area (TPSA) is 93.6 Å². The van der Waals surface area contributed by atoms with Gasteiger partial charge in [0.1, 0.15) is 22.9 Å². The van der Waals surface area contributed by atoms with Crippen molar-refractivity contribution >= 4 is 29.9 Å². The lowest BCUT2D eigenvalue weighted by atomic mass is 9.96. The smallest absolute Gasteiger partial charge is 0.191 e. The lowest BCUT2D eigenvalue weighted by Crippen LogP contribution is -2.44. The Morgan fingerprint density at radius 1 is 1.32 bits per heavy atom. The minimum atomic E-state index is -1.16.